The maximum atomic E-state index is 12.3. The lowest BCUT2D eigenvalue weighted by molar-refractivity contribution is -0.118. The van der Waals surface area contributed by atoms with Crippen LogP contribution in [0.2, 0.25) is 0 Å². The molecule has 2 rings (SSSR count). The van der Waals surface area contributed by atoms with Gasteiger partial charge in [0.25, 0.3) is 0 Å². The number of anilines is 2. The third kappa shape index (κ3) is 5.90. The Morgan fingerprint density at radius 3 is 2.04 bits per heavy atom. The molecule has 6 heteroatoms. The quantitative estimate of drug-likeness (QED) is 0.826. The zero-order valence-electron chi connectivity index (χ0n) is 15.0. The van der Waals surface area contributed by atoms with Gasteiger partial charge in [0.1, 0.15) is 0 Å². The van der Waals surface area contributed by atoms with Gasteiger partial charge in [0.2, 0.25) is 15.9 Å². The number of carbonyl (C=O) groups is 1. The highest BCUT2D eigenvalue weighted by Gasteiger charge is 2.22. The summed E-state index contributed by atoms with van der Waals surface area (Å²) in [5.41, 5.74) is 4.29. The zero-order chi connectivity index (χ0) is 18.6. The van der Waals surface area contributed by atoms with Crippen molar-refractivity contribution >= 4 is 27.3 Å². The number of carbonyl (C=O) groups excluding carboxylic acids is 1. The van der Waals surface area contributed by atoms with Crippen LogP contribution in [0.3, 0.4) is 0 Å². The molecule has 0 saturated carbocycles. The van der Waals surface area contributed by atoms with Gasteiger partial charge in [-0.15, -0.1) is 0 Å². The first-order valence-corrected chi connectivity index (χ1v) is 9.76. The number of hydrogen-bond donors (Lipinski definition) is 2. The normalized spacial score (nSPS) is 12.5. The molecule has 1 amide bonds. The summed E-state index contributed by atoms with van der Waals surface area (Å²) in [4.78, 5) is 12.3. The van der Waals surface area contributed by atoms with E-state index in [2.05, 4.69) is 10.0 Å². The molecule has 0 aliphatic rings. The van der Waals surface area contributed by atoms with Crippen LogP contribution < -0.4 is 10.0 Å². The minimum absolute atomic E-state index is 0.280. The van der Waals surface area contributed by atoms with Crippen molar-refractivity contribution in [1.29, 1.82) is 0 Å². The first-order chi connectivity index (χ1) is 11.6. The molecule has 0 aliphatic heterocycles. The van der Waals surface area contributed by atoms with E-state index in [1.807, 2.05) is 51.1 Å². The topological polar surface area (TPSA) is 75.3 Å². The molecule has 0 aromatic heterocycles. The van der Waals surface area contributed by atoms with Gasteiger partial charge in [-0.3, -0.25) is 9.52 Å². The summed E-state index contributed by atoms with van der Waals surface area (Å²) < 4.78 is 27.0. The lowest BCUT2D eigenvalue weighted by Gasteiger charge is -2.14. The fourth-order valence-electron chi connectivity index (χ4n) is 2.56. The van der Waals surface area contributed by atoms with E-state index in [1.165, 1.54) is 0 Å². The largest absolute Gasteiger partial charge is 0.326 e. The number of aryl methyl sites for hydroxylation is 3. The molecule has 0 heterocycles. The summed E-state index contributed by atoms with van der Waals surface area (Å²) in [6, 6.07) is 12.8. The molecule has 0 radical (unpaired) electrons. The van der Waals surface area contributed by atoms with Crippen molar-refractivity contribution in [2.75, 3.05) is 15.8 Å². The molecule has 0 saturated heterocycles. The third-order valence-corrected chi connectivity index (χ3v) is 5.22. The van der Waals surface area contributed by atoms with Crippen LogP contribution in [0.15, 0.2) is 42.5 Å². The van der Waals surface area contributed by atoms with Crippen LogP contribution in [0.4, 0.5) is 11.4 Å². The van der Waals surface area contributed by atoms with Crippen LogP contribution in [0.5, 0.6) is 0 Å². The van der Waals surface area contributed by atoms with Gasteiger partial charge in [0.15, 0.2) is 0 Å². The Balaban J connectivity index is 2.00. The van der Waals surface area contributed by atoms with Crippen LogP contribution in [-0.4, -0.2) is 20.1 Å². The summed E-state index contributed by atoms with van der Waals surface area (Å²) in [6.07, 6.45) is 0. The summed E-state index contributed by atoms with van der Waals surface area (Å²) in [7, 11) is -3.61. The predicted molar refractivity (Wildman–Crippen MR) is 102 cm³/mol. The number of sulfonamides is 1. The number of hydrogen-bond acceptors (Lipinski definition) is 3. The maximum absolute atomic E-state index is 12.3. The van der Waals surface area contributed by atoms with E-state index in [0.29, 0.717) is 11.4 Å². The second-order valence-corrected chi connectivity index (χ2v) is 8.28. The van der Waals surface area contributed by atoms with Crippen LogP contribution in [-0.2, 0) is 14.8 Å². The Kier molecular flexibility index (Phi) is 5.85. The van der Waals surface area contributed by atoms with Crippen molar-refractivity contribution in [3.8, 4) is 0 Å². The predicted octanol–water partition coefficient (Wildman–Crippen LogP) is 3.63. The molecular weight excluding hydrogens is 336 g/mol. The Bertz CT molecular complexity index is 838. The smallest absolute Gasteiger partial charge is 0.233 e. The van der Waals surface area contributed by atoms with Gasteiger partial charge in [-0.1, -0.05) is 30.7 Å². The number of nitrogens with one attached hydrogen (secondary N) is 2. The third-order valence-electron chi connectivity index (χ3n) is 3.73. The summed E-state index contributed by atoms with van der Waals surface area (Å²) in [5.74, 6) is -1.28. The first kappa shape index (κ1) is 19.0. The minimum Gasteiger partial charge on any atom is -0.326 e. The van der Waals surface area contributed by atoms with E-state index >= 15 is 0 Å². The van der Waals surface area contributed by atoms with E-state index in [1.54, 1.807) is 19.1 Å². The molecule has 0 aliphatic carbocycles. The Morgan fingerprint density at radius 1 is 0.920 bits per heavy atom. The SMILES string of the molecule is Cc1ccc(NS(=O)(=O)CC(C)C(=O)Nc2cc(C)cc(C)c2)cc1. The molecule has 2 aromatic rings. The van der Waals surface area contributed by atoms with Gasteiger partial charge < -0.3 is 5.32 Å². The van der Waals surface area contributed by atoms with Crippen molar-refractivity contribution in [3.63, 3.8) is 0 Å². The molecule has 0 bridgehead atoms. The maximum Gasteiger partial charge on any atom is 0.233 e. The van der Waals surface area contributed by atoms with E-state index in [0.717, 1.165) is 16.7 Å². The van der Waals surface area contributed by atoms with Gasteiger partial charge in [-0.25, -0.2) is 8.42 Å². The van der Waals surface area contributed by atoms with Gasteiger partial charge >= 0.3 is 0 Å². The van der Waals surface area contributed by atoms with Gasteiger partial charge in [0, 0.05) is 11.4 Å². The summed E-state index contributed by atoms with van der Waals surface area (Å²) in [5, 5.41) is 2.79. The molecule has 1 unspecified atom stereocenters. The zero-order valence-corrected chi connectivity index (χ0v) is 15.8. The highest BCUT2D eigenvalue weighted by atomic mass is 32.2. The molecule has 5 nitrogen and oxygen atoms in total. The molecule has 0 fully saturated rings. The number of amides is 1. The lowest BCUT2D eigenvalue weighted by atomic mass is 10.1. The van der Waals surface area contributed by atoms with Crippen LogP contribution in [0.1, 0.15) is 23.6 Å². The van der Waals surface area contributed by atoms with Gasteiger partial charge in [0.05, 0.1) is 11.7 Å². The van der Waals surface area contributed by atoms with Crippen molar-refractivity contribution in [2.45, 2.75) is 27.7 Å². The van der Waals surface area contributed by atoms with E-state index in [4.69, 9.17) is 0 Å². The van der Waals surface area contributed by atoms with Crippen LogP contribution in [0.25, 0.3) is 0 Å². The van der Waals surface area contributed by atoms with E-state index < -0.39 is 15.9 Å². The second-order valence-electron chi connectivity index (χ2n) is 6.52. The summed E-state index contributed by atoms with van der Waals surface area (Å²) in [6.45, 7) is 7.42. The van der Waals surface area contributed by atoms with Crippen LogP contribution >= 0.6 is 0 Å². The first-order valence-electron chi connectivity index (χ1n) is 8.11. The fraction of sp³-hybridized carbons (Fsp3) is 0.316. The van der Waals surface area contributed by atoms with Crippen molar-refractivity contribution in [3.05, 3.63) is 59.2 Å². The van der Waals surface area contributed by atoms with Gasteiger partial charge in [-0.05, 0) is 56.2 Å². The molecular formula is C19H24N2O3S. The van der Waals surface area contributed by atoms with Gasteiger partial charge in [-0.2, -0.15) is 0 Å². The van der Waals surface area contributed by atoms with E-state index in [-0.39, 0.29) is 11.7 Å². The molecule has 134 valence electrons. The number of benzene rings is 2. The highest BCUT2D eigenvalue weighted by Crippen LogP contribution is 2.16. The lowest BCUT2D eigenvalue weighted by Crippen LogP contribution is -2.29. The molecule has 2 N–H and O–H groups in total. The Morgan fingerprint density at radius 2 is 1.48 bits per heavy atom. The molecule has 1 atom stereocenters. The molecule has 0 spiro atoms. The fourth-order valence-corrected chi connectivity index (χ4v) is 3.95. The average molecular weight is 360 g/mol. The summed E-state index contributed by atoms with van der Waals surface area (Å²) >= 11 is 0. The average Bonchev–Trinajstić information content (AvgIpc) is 2.47. The van der Waals surface area contributed by atoms with Crippen molar-refractivity contribution in [2.24, 2.45) is 5.92 Å². The highest BCUT2D eigenvalue weighted by molar-refractivity contribution is 7.92. The Hall–Kier alpha value is -2.34. The molecule has 25 heavy (non-hydrogen) atoms. The van der Waals surface area contributed by atoms with Crippen LogP contribution in [0, 0.1) is 26.7 Å². The van der Waals surface area contributed by atoms with Crippen molar-refractivity contribution in [1.82, 2.24) is 0 Å². The number of rotatable bonds is 6. The monoisotopic (exact) mass is 360 g/mol. The van der Waals surface area contributed by atoms with Crippen molar-refractivity contribution < 1.29 is 13.2 Å². The Labute approximate surface area is 149 Å². The minimum atomic E-state index is -3.61. The standard InChI is InChI=1S/C19H24N2O3S/c1-13-5-7-17(8-6-13)21-25(23,24)12-16(4)19(22)20-18-10-14(2)9-15(3)11-18/h5-11,16,21H,12H2,1-4H3,(H,20,22). The second kappa shape index (κ2) is 7.70. The van der Waals surface area contributed by atoms with E-state index in [9.17, 15) is 13.2 Å². The molecule has 2 aromatic carbocycles.